The van der Waals surface area contributed by atoms with E-state index < -0.39 is 0 Å². The summed E-state index contributed by atoms with van der Waals surface area (Å²) in [7, 11) is 0. The first-order valence-electron chi connectivity index (χ1n) is 6.15. The molecule has 1 rings (SSSR count). The topological polar surface area (TPSA) is 19.9 Å². The van der Waals surface area contributed by atoms with Crippen molar-refractivity contribution < 1.29 is 5.11 Å². The third-order valence-corrected chi connectivity index (χ3v) is 3.03. The molecule has 1 nitrogen and oxygen atoms in total. The molecule has 0 spiro atoms. The van der Waals surface area contributed by atoms with Crippen LogP contribution in [0, 0.1) is 0 Å². The maximum absolute atomic E-state index is 10.2. The number of benzene rings is 1. The lowest BCUT2D eigenvalue weighted by atomic mass is 10.1. The van der Waals surface area contributed by atoms with E-state index >= 15 is 0 Å². The van der Waals surface area contributed by atoms with E-state index in [0.29, 0.717) is 0 Å². The minimum absolute atomic E-state index is 0.0881. The minimum atomic E-state index is 0.0881. The van der Waals surface area contributed by atoms with E-state index in [2.05, 4.69) is 12.1 Å². The zero-order chi connectivity index (χ0) is 11.6. The van der Waals surface area contributed by atoms with Gasteiger partial charge in [0.25, 0.3) is 0 Å². The van der Waals surface area contributed by atoms with Crippen molar-refractivity contribution in [1.82, 2.24) is 0 Å². The smallest absolute Gasteiger partial charge is 0.0822 e. The molecule has 0 aliphatic rings. The Bertz CT molecular complexity index is 269. The zero-order valence-electron chi connectivity index (χ0n) is 9.75. The van der Waals surface area contributed by atoms with Crippen LogP contribution in [0.5, 0.6) is 0 Å². The Balaban J connectivity index is 2.01. The van der Waals surface area contributed by atoms with Crippen molar-refractivity contribution in [3.8, 4) is 0 Å². The maximum Gasteiger partial charge on any atom is 0.0822 e. The Kier molecular flexibility index (Phi) is 7.28. The summed E-state index contributed by atoms with van der Waals surface area (Å²) in [5.74, 6) is 0. The first kappa shape index (κ1) is 13.5. The summed E-state index contributed by atoms with van der Waals surface area (Å²) in [6.07, 6.45) is 8.05. The fourth-order valence-corrected chi connectivity index (χ4v) is 1.92. The molecule has 0 bridgehead atoms. The highest BCUT2D eigenvalue weighted by atomic mass is 35.5. The van der Waals surface area contributed by atoms with Gasteiger partial charge in [-0.1, -0.05) is 49.4 Å². The summed E-state index contributed by atoms with van der Waals surface area (Å²) < 4.78 is 0. The van der Waals surface area contributed by atoms with E-state index in [9.17, 15) is 5.11 Å². The van der Waals surface area contributed by atoms with E-state index in [0.717, 1.165) is 24.3 Å². The normalized spacial score (nSPS) is 10.6. The molecule has 0 unspecified atom stereocenters. The van der Waals surface area contributed by atoms with E-state index in [1.165, 1.54) is 31.2 Å². The molecule has 0 aliphatic carbocycles. The number of hydrogen-bond donors (Lipinski definition) is 0. The van der Waals surface area contributed by atoms with Gasteiger partial charge in [0.15, 0.2) is 0 Å². The van der Waals surface area contributed by atoms with Crippen LogP contribution in [-0.2, 0) is 11.5 Å². The molecule has 1 aromatic carbocycles. The Morgan fingerprint density at radius 3 is 2.00 bits per heavy atom. The number of hydrogen-bond acceptors (Lipinski definition) is 0. The minimum Gasteiger partial charge on any atom is -0.237 e. The highest BCUT2D eigenvalue weighted by molar-refractivity contribution is 6.30. The molecular weight excluding hydrogens is 220 g/mol. The van der Waals surface area contributed by atoms with Gasteiger partial charge in [0.2, 0.25) is 0 Å². The average Bonchev–Trinajstić information content (AvgIpc) is 2.30. The molecule has 1 radical (unpaired) electrons. The third-order valence-electron chi connectivity index (χ3n) is 2.77. The summed E-state index contributed by atoms with van der Waals surface area (Å²) in [6, 6.07) is 8.09. The second-order valence-electron chi connectivity index (χ2n) is 4.20. The molecule has 0 aliphatic heterocycles. The maximum atomic E-state index is 10.2. The van der Waals surface area contributed by atoms with Crippen LogP contribution >= 0.6 is 11.6 Å². The average molecular weight is 240 g/mol. The molecule has 0 atom stereocenters. The van der Waals surface area contributed by atoms with Gasteiger partial charge in [0.1, 0.15) is 0 Å². The van der Waals surface area contributed by atoms with E-state index in [1.54, 1.807) is 0 Å². The zero-order valence-corrected chi connectivity index (χ0v) is 10.5. The van der Waals surface area contributed by atoms with Crippen molar-refractivity contribution in [3.05, 3.63) is 34.9 Å². The SMILES string of the molecule is [O]CCCCCCCCc1ccc(Cl)cc1. The highest BCUT2D eigenvalue weighted by Gasteiger charge is 1.94. The predicted molar refractivity (Wildman–Crippen MR) is 68.4 cm³/mol. The number of halogens is 1. The van der Waals surface area contributed by atoms with Gasteiger partial charge in [-0.3, -0.25) is 0 Å². The van der Waals surface area contributed by atoms with Crippen molar-refractivity contribution in [1.29, 1.82) is 0 Å². The molecule has 0 amide bonds. The van der Waals surface area contributed by atoms with Crippen molar-refractivity contribution >= 4 is 11.6 Å². The van der Waals surface area contributed by atoms with Gasteiger partial charge in [-0.25, -0.2) is 5.11 Å². The van der Waals surface area contributed by atoms with Gasteiger partial charge < -0.3 is 0 Å². The van der Waals surface area contributed by atoms with Crippen molar-refractivity contribution in [2.24, 2.45) is 0 Å². The molecule has 0 aromatic heterocycles. The van der Waals surface area contributed by atoms with Gasteiger partial charge in [-0.15, -0.1) is 0 Å². The number of aryl methyl sites for hydroxylation is 1. The molecule has 0 saturated carbocycles. The fourth-order valence-electron chi connectivity index (χ4n) is 1.79. The Morgan fingerprint density at radius 2 is 1.38 bits per heavy atom. The quantitative estimate of drug-likeness (QED) is 0.589. The molecule has 1 aromatic rings. The highest BCUT2D eigenvalue weighted by Crippen LogP contribution is 2.13. The van der Waals surface area contributed by atoms with Gasteiger partial charge in [-0.05, 0) is 37.0 Å². The second-order valence-corrected chi connectivity index (χ2v) is 4.64. The Labute approximate surface area is 103 Å². The van der Waals surface area contributed by atoms with Crippen LogP contribution in [0.1, 0.15) is 44.1 Å². The monoisotopic (exact) mass is 239 g/mol. The lowest BCUT2D eigenvalue weighted by Gasteiger charge is -2.02. The lowest BCUT2D eigenvalue weighted by molar-refractivity contribution is 0.186. The summed E-state index contributed by atoms with van der Waals surface area (Å²) in [5.41, 5.74) is 1.36. The largest absolute Gasteiger partial charge is 0.237 e. The van der Waals surface area contributed by atoms with Gasteiger partial charge in [0, 0.05) is 5.02 Å². The first-order valence-corrected chi connectivity index (χ1v) is 6.53. The standard InChI is InChI=1S/C14H20ClO/c15-14-10-8-13(9-11-14)7-5-3-1-2-4-6-12-16/h8-11H,1-7,12H2. The van der Waals surface area contributed by atoms with E-state index in [-0.39, 0.29) is 6.61 Å². The van der Waals surface area contributed by atoms with Crippen molar-refractivity contribution in [2.45, 2.75) is 44.9 Å². The fraction of sp³-hybridized carbons (Fsp3) is 0.571. The summed E-state index contributed by atoms with van der Waals surface area (Å²) in [4.78, 5) is 0. The second kappa shape index (κ2) is 8.60. The van der Waals surface area contributed by atoms with Crippen LogP contribution in [0.15, 0.2) is 24.3 Å². The molecule has 16 heavy (non-hydrogen) atoms. The van der Waals surface area contributed by atoms with Gasteiger partial charge in [0.05, 0.1) is 6.61 Å². The van der Waals surface area contributed by atoms with Gasteiger partial charge >= 0.3 is 0 Å². The van der Waals surface area contributed by atoms with Crippen LogP contribution in [0.4, 0.5) is 0 Å². The number of rotatable bonds is 8. The molecule has 0 saturated heterocycles. The van der Waals surface area contributed by atoms with Crippen LogP contribution in [-0.4, -0.2) is 6.61 Å². The number of unbranched alkanes of at least 4 members (excludes halogenated alkanes) is 5. The first-order chi connectivity index (χ1) is 7.83. The summed E-state index contributed by atoms with van der Waals surface area (Å²) in [6.45, 7) is 0.0881. The van der Waals surface area contributed by atoms with Crippen LogP contribution in [0.25, 0.3) is 0 Å². The van der Waals surface area contributed by atoms with Gasteiger partial charge in [-0.2, -0.15) is 0 Å². The predicted octanol–water partition coefficient (Wildman–Crippen LogP) is 4.65. The van der Waals surface area contributed by atoms with Crippen LogP contribution in [0.3, 0.4) is 0 Å². The molecule has 0 N–H and O–H groups in total. The molecule has 0 fully saturated rings. The summed E-state index contributed by atoms with van der Waals surface area (Å²) in [5, 5.41) is 11.0. The van der Waals surface area contributed by atoms with Crippen LogP contribution < -0.4 is 0 Å². The molecule has 0 heterocycles. The Morgan fingerprint density at radius 1 is 0.812 bits per heavy atom. The van der Waals surface area contributed by atoms with E-state index in [1.807, 2.05) is 12.1 Å². The van der Waals surface area contributed by atoms with E-state index in [4.69, 9.17) is 11.6 Å². The lowest BCUT2D eigenvalue weighted by Crippen LogP contribution is -1.86. The van der Waals surface area contributed by atoms with Crippen molar-refractivity contribution in [3.63, 3.8) is 0 Å². The van der Waals surface area contributed by atoms with Crippen molar-refractivity contribution in [2.75, 3.05) is 6.61 Å². The summed E-state index contributed by atoms with van der Waals surface area (Å²) >= 11 is 5.82. The molecule has 89 valence electrons. The van der Waals surface area contributed by atoms with Crippen LogP contribution in [0.2, 0.25) is 5.02 Å². The molecular formula is C14H20ClO. The molecule has 2 heteroatoms. The Hall–Kier alpha value is -0.530. The third kappa shape index (κ3) is 6.14.